The van der Waals surface area contributed by atoms with Crippen molar-refractivity contribution in [3.8, 4) is 11.5 Å². The smallest absolute Gasteiger partial charge is 0.369 e. The van der Waals surface area contributed by atoms with Gasteiger partial charge in [0.15, 0.2) is 0 Å². The largest absolute Gasteiger partial charge is 0.497 e. The van der Waals surface area contributed by atoms with E-state index in [4.69, 9.17) is 25.9 Å². The molecule has 6 heteroatoms. The number of halogens is 1. The van der Waals surface area contributed by atoms with Crippen molar-refractivity contribution in [3.63, 3.8) is 0 Å². The highest BCUT2D eigenvalue weighted by Crippen LogP contribution is 2.27. The highest BCUT2D eigenvalue weighted by Gasteiger charge is 2.19. The number of nitrogens with zero attached hydrogens (tertiary/aromatic N) is 1. The molecule has 0 fully saturated rings. The minimum absolute atomic E-state index is 0.237. The number of aryl methyl sites for hydroxylation is 1. The van der Waals surface area contributed by atoms with Crippen LogP contribution in [0, 0.1) is 0 Å². The molecule has 5 nitrogen and oxygen atoms in total. The lowest BCUT2D eigenvalue weighted by atomic mass is 9.90. The third-order valence-corrected chi connectivity index (χ3v) is 4.34. The highest BCUT2D eigenvalue weighted by atomic mass is 35.5. The number of fused-ring (bicyclic) bond motifs is 1. The van der Waals surface area contributed by atoms with Crippen LogP contribution in [0.5, 0.6) is 11.5 Å². The van der Waals surface area contributed by atoms with Gasteiger partial charge in [0.2, 0.25) is 0 Å². The van der Waals surface area contributed by atoms with Crippen LogP contribution in [0.15, 0.2) is 41.6 Å². The molecule has 0 N–H and O–H groups in total. The highest BCUT2D eigenvalue weighted by molar-refractivity contribution is 6.31. The van der Waals surface area contributed by atoms with Crippen LogP contribution >= 0.6 is 11.6 Å². The van der Waals surface area contributed by atoms with Crippen molar-refractivity contribution in [2.24, 2.45) is 5.16 Å². The molecule has 130 valence electrons. The van der Waals surface area contributed by atoms with Crippen molar-refractivity contribution < 1.29 is 19.1 Å². The van der Waals surface area contributed by atoms with E-state index in [0.29, 0.717) is 10.8 Å². The normalized spacial score (nSPS) is 14.8. The first-order valence-electron chi connectivity index (χ1n) is 7.91. The fraction of sp³-hybridized carbons (Fsp3) is 0.263. The molecule has 0 atom stereocenters. The summed E-state index contributed by atoms with van der Waals surface area (Å²) in [6, 6.07) is 10.6. The van der Waals surface area contributed by atoms with Gasteiger partial charge in [-0.25, -0.2) is 4.79 Å². The Labute approximate surface area is 151 Å². The lowest BCUT2D eigenvalue weighted by Crippen LogP contribution is -2.14. The molecule has 0 aliphatic heterocycles. The van der Waals surface area contributed by atoms with Crippen molar-refractivity contribution in [2.45, 2.75) is 19.3 Å². The second-order valence-electron chi connectivity index (χ2n) is 5.64. The molecule has 0 amide bonds. The summed E-state index contributed by atoms with van der Waals surface area (Å²) in [6.07, 6.45) is 2.66. The maximum atomic E-state index is 12.4. The van der Waals surface area contributed by atoms with E-state index in [1.807, 2.05) is 18.2 Å². The molecule has 0 saturated heterocycles. The monoisotopic (exact) mass is 359 g/mol. The summed E-state index contributed by atoms with van der Waals surface area (Å²) in [5, 5.41) is 4.52. The van der Waals surface area contributed by atoms with E-state index in [0.717, 1.165) is 36.3 Å². The van der Waals surface area contributed by atoms with Gasteiger partial charge in [-0.05, 0) is 55.2 Å². The van der Waals surface area contributed by atoms with Gasteiger partial charge in [-0.1, -0.05) is 22.8 Å². The zero-order chi connectivity index (χ0) is 17.8. The van der Waals surface area contributed by atoms with Gasteiger partial charge in [0.1, 0.15) is 17.1 Å². The van der Waals surface area contributed by atoms with Gasteiger partial charge >= 0.3 is 5.97 Å². The van der Waals surface area contributed by atoms with Gasteiger partial charge in [-0.3, -0.25) is 0 Å². The topological polar surface area (TPSA) is 57.1 Å². The quantitative estimate of drug-likeness (QED) is 0.604. The molecule has 0 spiro atoms. The van der Waals surface area contributed by atoms with Crippen LogP contribution in [-0.4, -0.2) is 25.9 Å². The fourth-order valence-corrected chi connectivity index (χ4v) is 3.00. The first-order valence-corrected chi connectivity index (χ1v) is 8.29. The number of oxime groups is 1. The van der Waals surface area contributed by atoms with E-state index in [1.165, 1.54) is 18.7 Å². The Kier molecular flexibility index (Phi) is 5.24. The van der Waals surface area contributed by atoms with E-state index in [-0.39, 0.29) is 5.56 Å². The number of carbonyl (C=O) groups is 1. The molecule has 0 heterocycles. The average Bonchev–Trinajstić information content (AvgIpc) is 2.65. The molecule has 3 rings (SSSR count). The van der Waals surface area contributed by atoms with Crippen molar-refractivity contribution in [1.29, 1.82) is 0 Å². The van der Waals surface area contributed by atoms with E-state index < -0.39 is 5.97 Å². The summed E-state index contributed by atoms with van der Waals surface area (Å²) >= 11 is 5.95. The van der Waals surface area contributed by atoms with Crippen molar-refractivity contribution in [2.75, 3.05) is 14.2 Å². The number of carbonyl (C=O) groups excluding carboxylic acids is 1. The Morgan fingerprint density at radius 1 is 1.08 bits per heavy atom. The van der Waals surface area contributed by atoms with Crippen LogP contribution in [0.3, 0.4) is 0 Å². The first-order chi connectivity index (χ1) is 12.1. The molecule has 0 saturated carbocycles. The Hall–Kier alpha value is -2.53. The minimum Gasteiger partial charge on any atom is -0.497 e. The number of ether oxygens (including phenoxy) is 2. The third-order valence-electron chi connectivity index (χ3n) is 4.11. The SMILES string of the molecule is COc1ccc2c(c1)/C(=N/OC(=O)c1cc(Cl)ccc1OC)CCC2. The minimum atomic E-state index is -0.609. The molecule has 0 unspecified atom stereocenters. The lowest BCUT2D eigenvalue weighted by molar-refractivity contribution is 0.0512. The Balaban J connectivity index is 1.86. The maximum Gasteiger partial charge on any atom is 0.369 e. The number of methoxy groups -OCH3 is 2. The zero-order valence-corrected chi connectivity index (χ0v) is 14.8. The molecule has 1 aliphatic carbocycles. The number of hydrogen-bond donors (Lipinski definition) is 0. The van der Waals surface area contributed by atoms with Crippen LogP contribution in [-0.2, 0) is 11.3 Å². The predicted octanol–water partition coefficient (Wildman–Crippen LogP) is 4.25. The molecule has 1 aliphatic rings. The van der Waals surface area contributed by atoms with Crippen LogP contribution in [0.25, 0.3) is 0 Å². The fourth-order valence-electron chi connectivity index (χ4n) is 2.83. The van der Waals surface area contributed by atoms with Gasteiger partial charge in [-0.2, -0.15) is 0 Å². The molecule has 0 radical (unpaired) electrons. The third kappa shape index (κ3) is 3.77. The second kappa shape index (κ2) is 7.57. The van der Waals surface area contributed by atoms with Crippen LogP contribution in [0.4, 0.5) is 0 Å². The van der Waals surface area contributed by atoms with Gasteiger partial charge in [0, 0.05) is 10.6 Å². The van der Waals surface area contributed by atoms with Gasteiger partial charge < -0.3 is 14.3 Å². The maximum absolute atomic E-state index is 12.4. The molecule has 0 bridgehead atoms. The second-order valence-corrected chi connectivity index (χ2v) is 6.07. The zero-order valence-electron chi connectivity index (χ0n) is 14.0. The Bertz CT molecular complexity index is 832. The Morgan fingerprint density at radius 2 is 1.92 bits per heavy atom. The van der Waals surface area contributed by atoms with E-state index >= 15 is 0 Å². The van der Waals surface area contributed by atoms with Gasteiger partial charge in [0.05, 0.1) is 19.9 Å². The molecule has 0 aromatic heterocycles. The van der Waals surface area contributed by atoms with Crippen molar-refractivity contribution >= 4 is 23.3 Å². The van der Waals surface area contributed by atoms with Crippen molar-refractivity contribution in [3.05, 3.63) is 58.1 Å². The van der Waals surface area contributed by atoms with Crippen LogP contribution in [0.2, 0.25) is 5.02 Å². The molecular weight excluding hydrogens is 342 g/mol. The molecule has 2 aromatic rings. The van der Waals surface area contributed by atoms with Crippen LogP contribution < -0.4 is 9.47 Å². The summed E-state index contributed by atoms with van der Waals surface area (Å²) in [6.45, 7) is 0. The van der Waals surface area contributed by atoms with E-state index in [1.54, 1.807) is 19.2 Å². The number of rotatable bonds is 4. The molecular formula is C19H18ClNO4. The van der Waals surface area contributed by atoms with E-state index in [2.05, 4.69) is 5.16 Å². The lowest BCUT2D eigenvalue weighted by Gasteiger charge is -2.18. The Morgan fingerprint density at radius 3 is 2.68 bits per heavy atom. The first kappa shape index (κ1) is 17.3. The summed E-state index contributed by atoms with van der Waals surface area (Å²) in [5.41, 5.74) is 3.09. The standard InChI is InChI=1S/C19H18ClNO4/c1-23-14-8-6-12-4-3-5-17(15(12)11-14)21-25-19(22)16-10-13(20)7-9-18(16)24-2/h6-11H,3-5H2,1-2H3/b21-17+. The van der Waals surface area contributed by atoms with Gasteiger partial charge in [-0.15, -0.1) is 0 Å². The van der Waals surface area contributed by atoms with E-state index in [9.17, 15) is 4.79 Å². The predicted molar refractivity (Wildman–Crippen MR) is 95.9 cm³/mol. The van der Waals surface area contributed by atoms with Gasteiger partial charge in [0.25, 0.3) is 0 Å². The summed E-state index contributed by atoms with van der Waals surface area (Å²) in [7, 11) is 3.10. The van der Waals surface area contributed by atoms with Crippen LogP contribution in [0.1, 0.15) is 34.3 Å². The average molecular weight is 360 g/mol. The molecule has 2 aromatic carbocycles. The summed E-state index contributed by atoms with van der Waals surface area (Å²) in [4.78, 5) is 17.5. The van der Waals surface area contributed by atoms with Crippen molar-refractivity contribution in [1.82, 2.24) is 0 Å². The summed E-state index contributed by atoms with van der Waals surface area (Å²) < 4.78 is 10.4. The molecule has 25 heavy (non-hydrogen) atoms. The summed E-state index contributed by atoms with van der Waals surface area (Å²) in [5.74, 6) is 0.526. The number of hydrogen-bond acceptors (Lipinski definition) is 5. The number of benzene rings is 2.